The maximum Gasteiger partial charge on any atom is 0.113 e. The Morgan fingerprint density at radius 2 is 2.38 bits per heavy atom. The summed E-state index contributed by atoms with van der Waals surface area (Å²) in [6.45, 7) is 4.11. The monoisotopic (exact) mass is 238 g/mol. The lowest BCUT2D eigenvalue weighted by atomic mass is 10.2. The van der Waals surface area contributed by atoms with Crippen LogP contribution in [0.1, 0.15) is 26.0 Å². The van der Waals surface area contributed by atoms with Crippen LogP contribution in [0.4, 0.5) is 0 Å². The van der Waals surface area contributed by atoms with Crippen LogP contribution in [-0.4, -0.2) is 17.8 Å². The number of hydrogen-bond acceptors (Lipinski definition) is 4. The Kier molecular flexibility index (Phi) is 6.05. The zero-order valence-electron chi connectivity index (χ0n) is 9.77. The molecule has 1 N–H and O–H groups in total. The normalized spacial score (nSPS) is 12.6. The molecule has 1 heterocycles. The Hall–Kier alpha value is -0.920. The zero-order valence-corrected chi connectivity index (χ0v) is 10.6. The highest BCUT2D eigenvalue weighted by atomic mass is 32.2. The van der Waals surface area contributed by atoms with Gasteiger partial charge in [-0.3, -0.25) is 5.32 Å². The van der Waals surface area contributed by atoms with Crippen LogP contribution in [0.5, 0.6) is 0 Å². The van der Waals surface area contributed by atoms with Gasteiger partial charge in [0.25, 0.3) is 0 Å². The van der Waals surface area contributed by atoms with Gasteiger partial charge in [-0.05, 0) is 38.2 Å². The summed E-state index contributed by atoms with van der Waals surface area (Å²) in [6, 6.07) is 6.47. The minimum Gasteiger partial charge on any atom is -0.468 e. The van der Waals surface area contributed by atoms with Gasteiger partial charge in [0.05, 0.1) is 24.1 Å². The number of nitrogens with one attached hydrogen (secondary N) is 1. The predicted molar refractivity (Wildman–Crippen MR) is 67.2 cm³/mol. The van der Waals surface area contributed by atoms with Gasteiger partial charge in [-0.25, -0.2) is 0 Å². The molecule has 0 aliphatic rings. The van der Waals surface area contributed by atoms with Gasteiger partial charge in [-0.2, -0.15) is 17.0 Å². The van der Waals surface area contributed by atoms with Gasteiger partial charge in [0.15, 0.2) is 0 Å². The van der Waals surface area contributed by atoms with E-state index in [0.29, 0.717) is 6.04 Å². The molecule has 16 heavy (non-hydrogen) atoms. The summed E-state index contributed by atoms with van der Waals surface area (Å²) in [5.74, 6) is 2.85. The molecule has 0 radical (unpaired) electrons. The molecule has 0 amide bonds. The van der Waals surface area contributed by atoms with Crippen molar-refractivity contribution >= 4 is 11.8 Å². The van der Waals surface area contributed by atoms with E-state index in [0.717, 1.165) is 23.7 Å². The number of hydrogen-bond donors (Lipinski definition) is 1. The van der Waals surface area contributed by atoms with E-state index in [-0.39, 0.29) is 6.04 Å². The second-order valence-corrected chi connectivity index (χ2v) is 5.03. The molecule has 3 nitrogen and oxygen atoms in total. The molecule has 0 bridgehead atoms. The maximum absolute atomic E-state index is 8.92. The smallest absolute Gasteiger partial charge is 0.113 e. The second-order valence-electron chi connectivity index (χ2n) is 3.92. The summed E-state index contributed by atoms with van der Waals surface area (Å²) in [6.07, 6.45) is 2.56. The number of furan rings is 1. The lowest BCUT2D eigenvalue weighted by Gasteiger charge is -2.13. The molecule has 88 valence electrons. The predicted octanol–water partition coefficient (Wildman–Crippen LogP) is 2.79. The Morgan fingerprint density at radius 1 is 1.56 bits per heavy atom. The van der Waals surface area contributed by atoms with Crippen molar-refractivity contribution in [2.75, 3.05) is 5.75 Å². The lowest BCUT2D eigenvalue weighted by molar-refractivity contribution is 0.520. The first-order chi connectivity index (χ1) is 7.72. The quantitative estimate of drug-likeness (QED) is 0.742. The van der Waals surface area contributed by atoms with Crippen molar-refractivity contribution < 1.29 is 4.42 Å². The van der Waals surface area contributed by atoms with E-state index in [1.165, 1.54) is 0 Å². The Balaban J connectivity index is 2.12. The van der Waals surface area contributed by atoms with E-state index in [4.69, 9.17) is 9.68 Å². The van der Waals surface area contributed by atoms with E-state index in [2.05, 4.69) is 25.2 Å². The van der Waals surface area contributed by atoms with Gasteiger partial charge in [0.2, 0.25) is 0 Å². The van der Waals surface area contributed by atoms with Crippen molar-refractivity contribution in [1.29, 1.82) is 5.26 Å². The average Bonchev–Trinajstić information content (AvgIpc) is 2.74. The van der Waals surface area contributed by atoms with Crippen LogP contribution < -0.4 is 5.32 Å². The number of nitrogens with zero attached hydrogens (tertiary/aromatic N) is 1. The molecule has 1 rings (SSSR count). The van der Waals surface area contributed by atoms with Crippen LogP contribution in [0.15, 0.2) is 22.8 Å². The van der Waals surface area contributed by atoms with Gasteiger partial charge in [0.1, 0.15) is 5.76 Å². The summed E-state index contributed by atoms with van der Waals surface area (Å²) in [7, 11) is 0. The maximum atomic E-state index is 8.92. The van der Waals surface area contributed by atoms with E-state index in [1.54, 1.807) is 18.0 Å². The molecule has 0 saturated heterocycles. The van der Waals surface area contributed by atoms with Crippen LogP contribution in [-0.2, 0) is 5.75 Å². The van der Waals surface area contributed by atoms with E-state index in [9.17, 15) is 0 Å². The van der Waals surface area contributed by atoms with Crippen molar-refractivity contribution in [3.05, 3.63) is 24.2 Å². The summed E-state index contributed by atoms with van der Waals surface area (Å²) in [4.78, 5) is 0. The zero-order chi connectivity index (χ0) is 11.8. The molecule has 0 aliphatic heterocycles. The third-order valence-corrected chi connectivity index (χ3v) is 3.08. The molecule has 1 unspecified atom stereocenters. The van der Waals surface area contributed by atoms with Crippen molar-refractivity contribution in [3.8, 4) is 6.07 Å². The molecule has 0 fully saturated rings. The SMILES string of the molecule is CC(C)NC(C#N)CCSCc1ccco1. The largest absolute Gasteiger partial charge is 0.468 e. The Morgan fingerprint density at radius 3 is 2.94 bits per heavy atom. The first-order valence-corrected chi connectivity index (χ1v) is 6.63. The van der Waals surface area contributed by atoms with Crippen LogP contribution in [0.2, 0.25) is 0 Å². The highest BCUT2D eigenvalue weighted by Crippen LogP contribution is 2.14. The van der Waals surface area contributed by atoms with Crippen molar-refractivity contribution in [3.63, 3.8) is 0 Å². The summed E-state index contributed by atoms with van der Waals surface area (Å²) in [5, 5.41) is 12.1. The fourth-order valence-corrected chi connectivity index (χ4v) is 2.27. The van der Waals surface area contributed by atoms with Crippen molar-refractivity contribution in [1.82, 2.24) is 5.32 Å². The Bertz CT molecular complexity index is 316. The molecule has 0 aliphatic carbocycles. The second kappa shape index (κ2) is 7.37. The summed E-state index contributed by atoms with van der Waals surface area (Å²) >= 11 is 1.80. The van der Waals surface area contributed by atoms with Crippen LogP contribution >= 0.6 is 11.8 Å². The fraction of sp³-hybridized carbons (Fsp3) is 0.583. The van der Waals surface area contributed by atoms with Gasteiger partial charge < -0.3 is 4.42 Å². The molecule has 1 aromatic rings. The first-order valence-electron chi connectivity index (χ1n) is 5.48. The van der Waals surface area contributed by atoms with Gasteiger partial charge >= 0.3 is 0 Å². The van der Waals surface area contributed by atoms with Crippen LogP contribution in [0, 0.1) is 11.3 Å². The molecular formula is C12H18N2OS. The first kappa shape index (κ1) is 13.1. The van der Waals surface area contributed by atoms with E-state index < -0.39 is 0 Å². The lowest BCUT2D eigenvalue weighted by Crippen LogP contribution is -2.33. The number of nitriles is 1. The highest BCUT2D eigenvalue weighted by molar-refractivity contribution is 7.98. The average molecular weight is 238 g/mol. The highest BCUT2D eigenvalue weighted by Gasteiger charge is 2.08. The van der Waals surface area contributed by atoms with Gasteiger partial charge in [-0.1, -0.05) is 0 Å². The van der Waals surface area contributed by atoms with E-state index >= 15 is 0 Å². The van der Waals surface area contributed by atoms with Gasteiger partial charge in [-0.15, -0.1) is 0 Å². The third kappa shape index (κ3) is 5.24. The summed E-state index contributed by atoms with van der Waals surface area (Å²) < 4.78 is 5.23. The summed E-state index contributed by atoms with van der Waals surface area (Å²) in [5.41, 5.74) is 0. The number of rotatable bonds is 7. The molecule has 0 aromatic carbocycles. The molecule has 4 heteroatoms. The van der Waals surface area contributed by atoms with Crippen molar-refractivity contribution in [2.45, 2.75) is 38.1 Å². The molecule has 1 aromatic heterocycles. The molecule has 0 saturated carbocycles. The van der Waals surface area contributed by atoms with Gasteiger partial charge in [0, 0.05) is 6.04 Å². The third-order valence-electron chi connectivity index (χ3n) is 2.07. The van der Waals surface area contributed by atoms with Crippen LogP contribution in [0.25, 0.3) is 0 Å². The fourth-order valence-electron chi connectivity index (χ4n) is 1.36. The van der Waals surface area contributed by atoms with Crippen LogP contribution in [0.3, 0.4) is 0 Å². The molecule has 0 spiro atoms. The minimum absolute atomic E-state index is 0.0379. The molecular weight excluding hydrogens is 220 g/mol. The topological polar surface area (TPSA) is 49.0 Å². The number of thioether (sulfide) groups is 1. The van der Waals surface area contributed by atoms with E-state index in [1.807, 2.05) is 12.1 Å². The standard InChI is InChI=1S/C12H18N2OS/c1-10(2)14-11(8-13)5-7-16-9-12-4-3-6-15-12/h3-4,6,10-11,14H,5,7,9H2,1-2H3. The molecule has 1 atom stereocenters. The Labute approximate surface area is 101 Å². The van der Waals surface area contributed by atoms with Crippen molar-refractivity contribution in [2.24, 2.45) is 0 Å². The minimum atomic E-state index is -0.0379.